The lowest BCUT2D eigenvalue weighted by Gasteiger charge is -2.50. The number of ether oxygens (including phenoxy) is 11. The number of fused-ring (bicyclic) bond motifs is 3. The van der Waals surface area contributed by atoms with Crippen LogP contribution in [0.3, 0.4) is 0 Å². The number of hydrogen-bond donors (Lipinski definition) is 2. The average molecular weight is 793 g/mol. The van der Waals surface area contributed by atoms with Gasteiger partial charge in [-0.25, -0.2) is 4.79 Å². The second-order valence-electron chi connectivity index (χ2n) is 17.5. The second-order valence-corrected chi connectivity index (χ2v) is 17.5. The zero-order valence-corrected chi connectivity index (χ0v) is 33.5. The van der Waals surface area contributed by atoms with Crippen LogP contribution >= 0.6 is 0 Å². The van der Waals surface area contributed by atoms with Crippen LogP contribution in [0.1, 0.15) is 86.0 Å². The number of aliphatic hydroxyl groups is 2. The van der Waals surface area contributed by atoms with Crippen molar-refractivity contribution in [3.63, 3.8) is 0 Å². The third-order valence-electron chi connectivity index (χ3n) is 14.1. The quantitative estimate of drug-likeness (QED) is 0.271. The van der Waals surface area contributed by atoms with Gasteiger partial charge in [-0.05, 0) is 64.2 Å². The van der Waals surface area contributed by atoms with Crippen molar-refractivity contribution in [2.45, 2.75) is 178 Å². The zero-order valence-electron chi connectivity index (χ0n) is 33.5. The molecule has 6 heterocycles. The van der Waals surface area contributed by atoms with E-state index in [1.807, 2.05) is 19.9 Å². The SMILES string of the molecule is CO[C@H]1C[C@H](O[C@H]2CC[C@@]3(C)C(=CC[C@H]4C(=O)O[C@@H]5CO[C@]6(C)OC(=O)/C(=C/C[C@@H]43)[C@H]56)C2)O[C@H](C)[C@H]1O[C@H]1C[C@H](O)[C@H](O[C@H]2C[C@@H](OC)[C@@H](O)[C@H](C)O2)[C@@H](C)O1. The second kappa shape index (κ2) is 15.9. The van der Waals surface area contributed by atoms with Gasteiger partial charge in [-0.1, -0.05) is 24.6 Å². The topological polar surface area (TPSA) is 176 Å². The first kappa shape index (κ1) is 40.7. The maximum Gasteiger partial charge on any atom is 0.336 e. The first-order chi connectivity index (χ1) is 26.7. The van der Waals surface area contributed by atoms with E-state index in [0.29, 0.717) is 37.7 Å². The lowest BCUT2D eigenvalue weighted by Crippen LogP contribution is -2.56. The third-order valence-corrected chi connectivity index (χ3v) is 14.1. The summed E-state index contributed by atoms with van der Waals surface area (Å²) < 4.78 is 66.6. The van der Waals surface area contributed by atoms with Crippen molar-refractivity contribution in [3.05, 3.63) is 23.3 Å². The normalized spacial score (nSPS) is 51.5. The Balaban J connectivity index is 0.864. The van der Waals surface area contributed by atoms with Gasteiger partial charge in [-0.15, -0.1) is 0 Å². The minimum absolute atomic E-state index is 0.0315. The minimum Gasteiger partial charge on any atom is -0.459 e. The summed E-state index contributed by atoms with van der Waals surface area (Å²) in [5, 5.41) is 21.5. The molecule has 0 unspecified atom stereocenters. The fourth-order valence-electron chi connectivity index (χ4n) is 10.9. The highest BCUT2D eigenvalue weighted by Crippen LogP contribution is 2.56. The van der Waals surface area contributed by atoms with Crippen molar-refractivity contribution in [2.75, 3.05) is 20.8 Å². The average Bonchev–Trinajstić information content (AvgIpc) is 3.61. The van der Waals surface area contributed by atoms with Crippen LogP contribution in [0.5, 0.6) is 0 Å². The molecule has 19 atom stereocenters. The Morgan fingerprint density at radius 2 is 1.46 bits per heavy atom. The maximum atomic E-state index is 13.7. The molecule has 0 aromatic heterocycles. The molecular weight excluding hydrogens is 732 g/mol. The monoisotopic (exact) mass is 792 g/mol. The predicted octanol–water partition coefficient (Wildman–Crippen LogP) is 3.21. The van der Waals surface area contributed by atoms with Gasteiger partial charge in [-0.3, -0.25) is 4.79 Å². The molecule has 0 spiro atoms. The van der Waals surface area contributed by atoms with Crippen LogP contribution in [0.4, 0.5) is 0 Å². The number of carbonyl (C=O) groups excluding carboxylic acids is 2. The first-order valence-corrected chi connectivity index (χ1v) is 20.5. The summed E-state index contributed by atoms with van der Waals surface area (Å²) in [5.74, 6) is -2.50. The summed E-state index contributed by atoms with van der Waals surface area (Å²) in [6.45, 7) is 9.72. The molecule has 8 aliphatic rings. The van der Waals surface area contributed by atoms with Gasteiger partial charge < -0.3 is 62.3 Å². The molecule has 1 saturated carbocycles. The highest BCUT2D eigenvalue weighted by atomic mass is 16.8. The van der Waals surface area contributed by atoms with Crippen LogP contribution in [0.2, 0.25) is 0 Å². The molecule has 5 saturated heterocycles. The van der Waals surface area contributed by atoms with Crippen LogP contribution in [-0.2, 0) is 61.7 Å². The van der Waals surface area contributed by atoms with E-state index in [-0.39, 0.29) is 48.5 Å². The number of allylic oxidation sites excluding steroid dienone is 2. The highest BCUT2D eigenvalue weighted by molar-refractivity contribution is 5.92. The van der Waals surface area contributed by atoms with E-state index in [1.54, 1.807) is 28.1 Å². The van der Waals surface area contributed by atoms with Gasteiger partial charge in [0.1, 0.15) is 24.4 Å². The maximum absolute atomic E-state index is 13.7. The van der Waals surface area contributed by atoms with Crippen molar-refractivity contribution in [1.82, 2.24) is 0 Å². The molecule has 0 bridgehead atoms. The van der Waals surface area contributed by atoms with Gasteiger partial charge >= 0.3 is 11.9 Å². The van der Waals surface area contributed by atoms with E-state index in [9.17, 15) is 19.8 Å². The molecule has 0 radical (unpaired) electrons. The van der Waals surface area contributed by atoms with Crippen LogP contribution < -0.4 is 0 Å². The van der Waals surface area contributed by atoms with Crippen molar-refractivity contribution in [3.8, 4) is 0 Å². The lowest BCUT2D eigenvalue weighted by molar-refractivity contribution is -0.337. The molecule has 0 aromatic carbocycles. The summed E-state index contributed by atoms with van der Waals surface area (Å²) in [7, 11) is 3.19. The molecule has 0 aromatic rings. The molecule has 6 aliphatic heterocycles. The largest absolute Gasteiger partial charge is 0.459 e. The summed E-state index contributed by atoms with van der Waals surface area (Å²) in [6, 6.07) is 0. The molecule has 0 amide bonds. The van der Waals surface area contributed by atoms with Gasteiger partial charge in [0, 0.05) is 46.0 Å². The summed E-state index contributed by atoms with van der Waals surface area (Å²) >= 11 is 0. The van der Waals surface area contributed by atoms with E-state index in [1.165, 1.54) is 5.57 Å². The van der Waals surface area contributed by atoms with E-state index in [4.69, 9.17) is 52.1 Å². The van der Waals surface area contributed by atoms with Gasteiger partial charge in [0.25, 0.3) is 0 Å². The number of rotatable bonds is 8. The minimum atomic E-state index is -1.10. The number of hydrogen-bond acceptors (Lipinski definition) is 15. The van der Waals surface area contributed by atoms with Crippen LogP contribution in [0.25, 0.3) is 0 Å². The third kappa shape index (κ3) is 7.41. The molecule has 2 aliphatic carbocycles. The fraction of sp³-hybridized carbons (Fsp3) is 0.854. The summed E-state index contributed by atoms with van der Waals surface area (Å²) in [6.07, 6.45) is 1.13. The van der Waals surface area contributed by atoms with Crippen molar-refractivity contribution < 1.29 is 71.9 Å². The molecular formula is C41H60O15. The smallest absolute Gasteiger partial charge is 0.336 e. The summed E-state index contributed by atoms with van der Waals surface area (Å²) in [5.41, 5.74) is 1.55. The Labute approximate surface area is 328 Å². The van der Waals surface area contributed by atoms with Gasteiger partial charge in [0.05, 0.1) is 61.2 Å². The summed E-state index contributed by atoms with van der Waals surface area (Å²) in [4.78, 5) is 26.6. The van der Waals surface area contributed by atoms with Crippen molar-refractivity contribution in [2.24, 2.45) is 23.2 Å². The number of aliphatic hydroxyl groups excluding tert-OH is 2. The van der Waals surface area contributed by atoms with Gasteiger partial charge in [0.15, 0.2) is 18.9 Å². The first-order valence-electron chi connectivity index (χ1n) is 20.5. The van der Waals surface area contributed by atoms with E-state index in [0.717, 1.165) is 12.8 Å². The zero-order chi connectivity index (χ0) is 39.7. The Hall–Kier alpha value is -2.02. The molecule has 8 rings (SSSR count). The molecule has 2 N–H and O–H groups in total. The number of methoxy groups -OCH3 is 2. The fourth-order valence-corrected chi connectivity index (χ4v) is 10.9. The Kier molecular flexibility index (Phi) is 11.5. The van der Waals surface area contributed by atoms with Crippen LogP contribution in [0, 0.1) is 23.2 Å². The van der Waals surface area contributed by atoms with E-state index < -0.39 is 91.5 Å². The molecule has 56 heavy (non-hydrogen) atoms. The standard InChI is InChI=1S/C41H60O15/c1-19-35(43)28(46-6)16-33(49-19)54-36-20(2)50-31(15-27(36)42)55-37-21(3)51-32(17-29(37)47-7)52-23-12-13-40(4)22(14-23)8-9-24-26(40)11-10-25-34-30(53-38(24)44)18-48-41(34,5)56-39(25)45/h8,10,19-21,23-24,26-37,42-43H,9,11-18H2,1-7H3/b25-10+/t19-,20+,21+,23-,24+,26-,27-,28+,29-,30+,31-,32-,33-,34+,35-,36+,37+,40-,41+/m0/s1. The van der Waals surface area contributed by atoms with E-state index in [2.05, 4.69) is 13.0 Å². The Morgan fingerprint density at radius 3 is 2.20 bits per heavy atom. The van der Waals surface area contributed by atoms with Gasteiger partial charge in [0.2, 0.25) is 5.79 Å². The highest BCUT2D eigenvalue weighted by Gasteiger charge is 2.61. The molecule has 15 nitrogen and oxygen atoms in total. The predicted molar refractivity (Wildman–Crippen MR) is 193 cm³/mol. The molecule has 314 valence electrons. The number of carbonyl (C=O) groups is 2. The van der Waals surface area contributed by atoms with Crippen LogP contribution in [-0.4, -0.2) is 135 Å². The lowest BCUT2D eigenvalue weighted by atomic mass is 9.55. The van der Waals surface area contributed by atoms with E-state index >= 15 is 0 Å². The molecule has 15 heteroatoms. The van der Waals surface area contributed by atoms with Crippen molar-refractivity contribution in [1.29, 1.82) is 0 Å². The Bertz CT molecular complexity index is 1520. The molecule has 6 fully saturated rings. The van der Waals surface area contributed by atoms with Crippen LogP contribution in [0.15, 0.2) is 23.3 Å². The Morgan fingerprint density at radius 1 is 0.804 bits per heavy atom. The van der Waals surface area contributed by atoms with Gasteiger partial charge in [-0.2, -0.15) is 0 Å². The number of esters is 2. The van der Waals surface area contributed by atoms with Crippen molar-refractivity contribution >= 4 is 11.9 Å².